The Hall–Kier alpha value is -0.970. The third-order valence-corrected chi connectivity index (χ3v) is 4.72. The molecule has 1 aliphatic heterocycles. The molecule has 6 heteroatoms. The van der Waals surface area contributed by atoms with Crippen LogP contribution in [0.25, 0.3) is 0 Å². The Bertz CT molecular complexity index is 494. The number of halogens is 2. The number of amides is 1. The van der Waals surface area contributed by atoms with Gasteiger partial charge in [0, 0.05) is 12.5 Å². The second-order valence-electron chi connectivity index (χ2n) is 5.03. The van der Waals surface area contributed by atoms with Crippen molar-refractivity contribution in [3.63, 3.8) is 0 Å². The number of hydrogen-bond donors (Lipinski definition) is 0. The summed E-state index contributed by atoms with van der Waals surface area (Å²) in [7, 11) is 0. The molecule has 1 amide bonds. The van der Waals surface area contributed by atoms with E-state index in [0.717, 1.165) is 5.56 Å². The Balaban J connectivity index is 1.62. The van der Waals surface area contributed by atoms with Crippen LogP contribution in [0.3, 0.4) is 0 Å². The summed E-state index contributed by atoms with van der Waals surface area (Å²) >= 11 is 12.4. The summed E-state index contributed by atoms with van der Waals surface area (Å²) < 4.78 is 9.83. The topological polar surface area (TPSA) is 38.8 Å². The molecule has 0 bridgehead atoms. The molecule has 0 aromatic heterocycles. The fraction of sp³-hybridized carbons (Fsp3) is 0.500. The van der Waals surface area contributed by atoms with Gasteiger partial charge in [-0.3, -0.25) is 4.90 Å². The maximum Gasteiger partial charge on any atom is 0.410 e. The molecule has 3 rings (SSSR count). The first-order valence-corrected chi connectivity index (χ1v) is 7.29. The average Bonchev–Trinajstić information content (AvgIpc) is 3.07. The van der Waals surface area contributed by atoms with E-state index >= 15 is 0 Å². The number of hydrogen-bond acceptors (Lipinski definition) is 3. The van der Waals surface area contributed by atoms with Gasteiger partial charge >= 0.3 is 6.09 Å². The monoisotopic (exact) mass is 315 g/mol. The number of ether oxygens (including phenoxy) is 2. The van der Waals surface area contributed by atoms with Gasteiger partial charge in [0.1, 0.15) is 10.9 Å². The van der Waals surface area contributed by atoms with Gasteiger partial charge in [-0.15, -0.1) is 0 Å². The number of fused-ring (bicyclic) bond motifs is 1. The van der Waals surface area contributed by atoms with E-state index in [0.29, 0.717) is 19.8 Å². The van der Waals surface area contributed by atoms with Crippen molar-refractivity contribution in [3.05, 3.63) is 35.9 Å². The molecule has 2 unspecified atom stereocenters. The predicted molar refractivity (Wildman–Crippen MR) is 75.9 cm³/mol. The molecule has 2 fully saturated rings. The van der Waals surface area contributed by atoms with Gasteiger partial charge in [0.15, 0.2) is 0 Å². The summed E-state index contributed by atoms with van der Waals surface area (Å²) in [5.41, 5.74) is 0.947. The highest BCUT2D eigenvalue weighted by Crippen LogP contribution is 2.57. The Labute approximate surface area is 127 Å². The van der Waals surface area contributed by atoms with E-state index in [-0.39, 0.29) is 18.6 Å². The zero-order valence-electron chi connectivity index (χ0n) is 10.8. The smallest absolute Gasteiger partial charge is 0.410 e. The molecule has 20 heavy (non-hydrogen) atoms. The molecule has 1 saturated heterocycles. The van der Waals surface area contributed by atoms with Crippen molar-refractivity contribution in [1.29, 1.82) is 0 Å². The van der Waals surface area contributed by atoms with Crippen molar-refractivity contribution >= 4 is 29.3 Å². The first-order chi connectivity index (χ1) is 9.60. The van der Waals surface area contributed by atoms with Crippen LogP contribution in [0.2, 0.25) is 0 Å². The lowest BCUT2D eigenvalue weighted by atomic mass is 10.2. The van der Waals surface area contributed by atoms with Crippen molar-refractivity contribution in [2.24, 2.45) is 5.92 Å². The van der Waals surface area contributed by atoms with Crippen LogP contribution in [0, 0.1) is 5.92 Å². The van der Waals surface area contributed by atoms with E-state index in [1.165, 1.54) is 0 Å². The lowest BCUT2D eigenvalue weighted by molar-refractivity contribution is 0.0828. The molecule has 0 radical (unpaired) electrons. The normalized spacial score (nSPS) is 27.4. The molecule has 1 aliphatic carbocycles. The van der Waals surface area contributed by atoms with Crippen LogP contribution >= 0.6 is 23.2 Å². The molecule has 4 nitrogen and oxygen atoms in total. The summed E-state index contributed by atoms with van der Waals surface area (Å²) in [4.78, 5) is 13.8. The lowest BCUT2D eigenvalue weighted by Gasteiger charge is -2.21. The van der Waals surface area contributed by atoms with Gasteiger partial charge in [0.05, 0.1) is 19.3 Å². The highest BCUT2D eigenvalue weighted by atomic mass is 35.5. The molecule has 0 spiro atoms. The molecular formula is C14H15Cl2NO3. The van der Waals surface area contributed by atoms with Crippen LogP contribution < -0.4 is 0 Å². The van der Waals surface area contributed by atoms with E-state index in [9.17, 15) is 4.79 Å². The standard InChI is InChI=1S/C14H15Cl2NO3/c15-14(16)11-9-19-7-6-17(12(11)14)13(18)20-8-10-4-2-1-3-5-10/h1-5,11-12H,6-9H2. The lowest BCUT2D eigenvalue weighted by Crippen LogP contribution is -2.38. The molecule has 2 aliphatic rings. The Kier molecular flexibility index (Phi) is 3.80. The van der Waals surface area contributed by atoms with Crippen molar-refractivity contribution in [3.8, 4) is 0 Å². The maximum absolute atomic E-state index is 12.2. The van der Waals surface area contributed by atoms with E-state index in [1.807, 2.05) is 30.3 Å². The average molecular weight is 316 g/mol. The van der Waals surface area contributed by atoms with Gasteiger partial charge < -0.3 is 9.47 Å². The Morgan fingerprint density at radius 3 is 2.90 bits per heavy atom. The second-order valence-corrected chi connectivity index (χ2v) is 6.48. The number of alkyl halides is 2. The minimum Gasteiger partial charge on any atom is -0.445 e. The summed E-state index contributed by atoms with van der Waals surface area (Å²) in [6.45, 7) is 1.67. The highest BCUT2D eigenvalue weighted by Gasteiger charge is 2.68. The third-order valence-electron chi connectivity index (χ3n) is 3.71. The molecule has 1 saturated carbocycles. The zero-order valence-corrected chi connectivity index (χ0v) is 12.3. The SMILES string of the molecule is O=C(OCc1ccccc1)N1CCOCC2C1C2(Cl)Cl. The maximum atomic E-state index is 12.2. The number of nitrogens with zero attached hydrogens (tertiary/aromatic N) is 1. The summed E-state index contributed by atoms with van der Waals surface area (Å²) in [6.07, 6.45) is -0.391. The van der Waals surface area contributed by atoms with Gasteiger partial charge in [0.2, 0.25) is 0 Å². The first kappa shape index (κ1) is 14.0. The van der Waals surface area contributed by atoms with E-state index in [4.69, 9.17) is 32.7 Å². The van der Waals surface area contributed by atoms with Crippen LogP contribution in [0.1, 0.15) is 5.56 Å². The van der Waals surface area contributed by atoms with Crippen LogP contribution in [-0.4, -0.2) is 41.1 Å². The quantitative estimate of drug-likeness (QED) is 0.788. The van der Waals surface area contributed by atoms with Crippen LogP contribution in [0.4, 0.5) is 4.79 Å². The summed E-state index contributed by atoms with van der Waals surface area (Å²) in [5, 5.41) is 0. The van der Waals surface area contributed by atoms with Crippen molar-refractivity contribution in [2.75, 3.05) is 19.8 Å². The van der Waals surface area contributed by atoms with Gasteiger partial charge in [-0.2, -0.15) is 0 Å². The van der Waals surface area contributed by atoms with Gasteiger partial charge in [-0.05, 0) is 5.56 Å². The fourth-order valence-electron chi connectivity index (χ4n) is 2.52. The number of rotatable bonds is 2. The molecule has 1 aromatic carbocycles. The number of carbonyl (C=O) groups is 1. The molecular weight excluding hydrogens is 301 g/mol. The largest absolute Gasteiger partial charge is 0.445 e. The van der Waals surface area contributed by atoms with Crippen LogP contribution in [0.5, 0.6) is 0 Å². The van der Waals surface area contributed by atoms with E-state index in [1.54, 1.807) is 4.90 Å². The first-order valence-electron chi connectivity index (χ1n) is 6.53. The van der Waals surface area contributed by atoms with Crippen molar-refractivity contribution in [1.82, 2.24) is 4.90 Å². The Morgan fingerprint density at radius 1 is 1.40 bits per heavy atom. The summed E-state index contributed by atoms with van der Waals surface area (Å²) in [5.74, 6) is -0.0300. The number of benzene rings is 1. The molecule has 1 aromatic rings. The van der Waals surface area contributed by atoms with Gasteiger partial charge in [-0.1, -0.05) is 53.5 Å². The Morgan fingerprint density at radius 2 is 2.15 bits per heavy atom. The van der Waals surface area contributed by atoms with E-state index in [2.05, 4.69) is 0 Å². The molecule has 0 N–H and O–H groups in total. The molecule has 108 valence electrons. The molecule has 2 atom stereocenters. The zero-order chi connectivity index (χ0) is 14.2. The van der Waals surface area contributed by atoms with E-state index < -0.39 is 10.4 Å². The van der Waals surface area contributed by atoms with Crippen LogP contribution in [0.15, 0.2) is 30.3 Å². The predicted octanol–water partition coefficient (Wildman–Crippen LogP) is 2.83. The van der Waals surface area contributed by atoms with Crippen LogP contribution in [-0.2, 0) is 16.1 Å². The second kappa shape index (κ2) is 5.43. The molecule has 1 heterocycles. The fourth-order valence-corrected chi connectivity index (χ4v) is 3.30. The summed E-state index contributed by atoms with van der Waals surface area (Å²) in [6, 6.07) is 9.33. The minimum atomic E-state index is -0.911. The van der Waals surface area contributed by atoms with Gasteiger partial charge in [-0.25, -0.2) is 4.79 Å². The minimum absolute atomic E-state index is 0.0300. The van der Waals surface area contributed by atoms with Gasteiger partial charge in [0.25, 0.3) is 0 Å². The highest BCUT2D eigenvalue weighted by molar-refractivity contribution is 6.52. The van der Waals surface area contributed by atoms with Crippen molar-refractivity contribution in [2.45, 2.75) is 17.0 Å². The third kappa shape index (κ3) is 2.60. The number of carbonyl (C=O) groups excluding carboxylic acids is 1. The van der Waals surface area contributed by atoms with Crippen molar-refractivity contribution < 1.29 is 14.3 Å².